The summed E-state index contributed by atoms with van der Waals surface area (Å²) < 4.78 is 7.21. The van der Waals surface area contributed by atoms with Crippen molar-refractivity contribution in [2.75, 3.05) is 13.7 Å². The molecule has 2 unspecified atom stereocenters. The molecule has 21 heavy (non-hydrogen) atoms. The Bertz CT molecular complexity index is 524. The van der Waals surface area contributed by atoms with Crippen LogP contribution < -0.4 is 10.5 Å². The monoisotopic (exact) mass is 294 g/mol. The van der Waals surface area contributed by atoms with E-state index in [1.54, 1.807) is 11.8 Å². The number of nitrogens with zero attached hydrogens (tertiary/aromatic N) is 3. The highest BCUT2D eigenvalue weighted by molar-refractivity contribution is 5.78. The van der Waals surface area contributed by atoms with Gasteiger partial charge < -0.3 is 15.4 Å². The topological polar surface area (TPSA) is 73.4 Å². The number of rotatable bonds is 4. The van der Waals surface area contributed by atoms with Crippen molar-refractivity contribution in [3.8, 4) is 5.88 Å². The summed E-state index contributed by atoms with van der Waals surface area (Å²) in [5.74, 6) is 1.25. The Morgan fingerprint density at radius 2 is 2.14 bits per heavy atom. The van der Waals surface area contributed by atoms with Crippen LogP contribution in [-0.4, -0.2) is 40.3 Å². The summed E-state index contributed by atoms with van der Waals surface area (Å²) in [5, 5.41) is 4.43. The van der Waals surface area contributed by atoms with Gasteiger partial charge in [0.05, 0.1) is 24.4 Å². The van der Waals surface area contributed by atoms with Crippen molar-refractivity contribution < 1.29 is 9.53 Å². The van der Waals surface area contributed by atoms with Gasteiger partial charge in [-0.3, -0.25) is 4.79 Å². The summed E-state index contributed by atoms with van der Waals surface area (Å²) in [4.78, 5) is 14.3. The van der Waals surface area contributed by atoms with Gasteiger partial charge in [0, 0.05) is 26.1 Å². The third kappa shape index (κ3) is 2.90. The van der Waals surface area contributed by atoms with E-state index in [0.29, 0.717) is 31.2 Å². The molecule has 0 radical (unpaired) electrons. The van der Waals surface area contributed by atoms with E-state index < -0.39 is 0 Å². The van der Waals surface area contributed by atoms with Crippen LogP contribution in [0.15, 0.2) is 0 Å². The maximum Gasteiger partial charge on any atom is 0.223 e. The summed E-state index contributed by atoms with van der Waals surface area (Å²) in [6, 6.07) is -0.240. The third-order valence-corrected chi connectivity index (χ3v) is 4.02. The van der Waals surface area contributed by atoms with Crippen molar-refractivity contribution in [3.05, 3.63) is 11.3 Å². The number of piperidine rings is 1. The predicted molar refractivity (Wildman–Crippen MR) is 81.0 cm³/mol. The molecule has 1 aromatic heterocycles. The van der Waals surface area contributed by atoms with Gasteiger partial charge in [-0.2, -0.15) is 5.10 Å². The molecular weight excluding hydrogens is 268 g/mol. The van der Waals surface area contributed by atoms with Gasteiger partial charge in [-0.15, -0.1) is 0 Å². The van der Waals surface area contributed by atoms with Gasteiger partial charge in [-0.1, -0.05) is 13.8 Å². The smallest absolute Gasteiger partial charge is 0.223 e. The van der Waals surface area contributed by atoms with Gasteiger partial charge in [-0.05, 0) is 19.3 Å². The van der Waals surface area contributed by atoms with Crippen LogP contribution in [0.1, 0.15) is 44.0 Å². The molecular formula is C15H26N4O2. The largest absolute Gasteiger partial charge is 0.481 e. The molecule has 0 aromatic carbocycles. The number of ether oxygens (including phenoxy) is 1. The number of carbonyl (C=O) groups excluding carboxylic acids is 1. The van der Waals surface area contributed by atoms with Gasteiger partial charge >= 0.3 is 0 Å². The van der Waals surface area contributed by atoms with Crippen LogP contribution in [0.4, 0.5) is 0 Å². The quantitative estimate of drug-likeness (QED) is 0.910. The Morgan fingerprint density at radius 1 is 1.48 bits per heavy atom. The lowest BCUT2D eigenvalue weighted by molar-refractivity contribution is -0.138. The highest BCUT2D eigenvalue weighted by Crippen LogP contribution is 2.38. The maximum absolute atomic E-state index is 12.4. The fourth-order valence-corrected chi connectivity index (χ4v) is 3.19. The zero-order valence-corrected chi connectivity index (χ0v) is 13.6. The summed E-state index contributed by atoms with van der Waals surface area (Å²) in [5.41, 5.74) is 8.17. The Hall–Kier alpha value is -1.56. The fraction of sp³-hybridized carbons (Fsp3) is 0.733. The molecule has 1 aliphatic rings. The van der Waals surface area contributed by atoms with E-state index in [4.69, 9.17) is 10.5 Å². The van der Waals surface area contributed by atoms with Gasteiger partial charge in [0.2, 0.25) is 11.8 Å². The number of carbonyl (C=O) groups is 1. The first-order valence-electron chi connectivity index (χ1n) is 7.49. The van der Waals surface area contributed by atoms with Crippen LogP contribution in [-0.2, 0) is 11.8 Å². The van der Waals surface area contributed by atoms with E-state index in [0.717, 1.165) is 11.3 Å². The molecule has 1 aliphatic heterocycles. The molecule has 6 nitrogen and oxygen atoms in total. The predicted octanol–water partition coefficient (Wildman–Crippen LogP) is 1.38. The summed E-state index contributed by atoms with van der Waals surface area (Å²) in [7, 11) is 3.47. The van der Waals surface area contributed by atoms with E-state index in [2.05, 4.69) is 18.9 Å². The molecule has 6 heteroatoms. The molecule has 118 valence electrons. The number of nitrogens with two attached hydrogens (primary N) is 1. The molecule has 1 aromatic rings. The average molecular weight is 294 g/mol. The average Bonchev–Trinajstić information content (AvgIpc) is 2.68. The molecule has 0 saturated carbocycles. The van der Waals surface area contributed by atoms with Crippen LogP contribution in [0.5, 0.6) is 5.88 Å². The van der Waals surface area contributed by atoms with Gasteiger partial charge in [-0.25, -0.2) is 4.68 Å². The zero-order chi connectivity index (χ0) is 15.7. The Kier molecular flexibility index (Phi) is 4.56. The van der Waals surface area contributed by atoms with Crippen molar-refractivity contribution >= 4 is 5.91 Å². The first kappa shape index (κ1) is 15.8. The fourth-order valence-electron chi connectivity index (χ4n) is 3.19. The number of likely N-dealkylation sites (tertiary alicyclic amines) is 1. The number of amides is 1. The lowest BCUT2D eigenvalue weighted by Crippen LogP contribution is -2.50. The standard InChI is InChI=1S/C15H26N4O2/c1-9(2)8-19-12(20)7-6-11(16)14(19)13-10(3)17-18(4)15(13)21-5/h9,11,14H,6-8,16H2,1-5H3. The van der Waals surface area contributed by atoms with Crippen LogP contribution >= 0.6 is 0 Å². The van der Waals surface area contributed by atoms with Crippen LogP contribution in [0.25, 0.3) is 0 Å². The number of hydrogen-bond donors (Lipinski definition) is 1. The maximum atomic E-state index is 12.4. The minimum absolute atomic E-state index is 0.0850. The molecule has 1 saturated heterocycles. The highest BCUT2D eigenvalue weighted by Gasteiger charge is 2.39. The number of aromatic nitrogens is 2. The Labute approximate surface area is 126 Å². The molecule has 2 rings (SSSR count). The van der Waals surface area contributed by atoms with Crippen molar-refractivity contribution in [1.29, 1.82) is 0 Å². The normalized spacial score (nSPS) is 23.0. The molecule has 0 spiro atoms. The van der Waals surface area contributed by atoms with Crippen molar-refractivity contribution in [2.24, 2.45) is 18.7 Å². The second-order valence-electron chi connectivity index (χ2n) is 6.22. The van der Waals surface area contributed by atoms with Gasteiger partial charge in [0.15, 0.2) is 0 Å². The summed E-state index contributed by atoms with van der Waals surface area (Å²) in [6.07, 6.45) is 1.22. The van der Waals surface area contributed by atoms with Gasteiger partial charge in [0.1, 0.15) is 0 Å². The highest BCUT2D eigenvalue weighted by atomic mass is 16.5. The number of aryl methyl sites for hydroxylation is 2. The lowest BCUT2D eigenvalue weighted by Gasteiger charge is -2.40. The zero-order valence-electron chi connectivity index (χ0n) is 13.6. The summed E-state index contributed by atoms with van der Waals surface area (Å²) in [6.45, 7) is 6.86. The first-order valence-corrected chi connectivity index (χ1v) is 7.49. The second kappa shape index (κ2) is 6.05. The Morgan fingerprint density at radius 3 is 2.71 bits per heavy atom. The van der Waals surface area contributed by atoms with E-state index in [1.807, 2.05) is 18.9 Å². The molecule has 2 atom stereocenters. The minimum Gasteiger partial charge on any atom is -0.481 e. The molecule has 2 N–H and O–H groups in total. The molecule has 1 fully saturated rings. The van der Waals surface area contributed by atoms with E-state index in [-0.39, 0.29) is 18.0 Å². The molecule has 2 heterocycles. The molecule has 0 bridgehead atoms. The van der Waals surface area contributed by atoms with Crippen LogP contribution in [0, 0.1) is 12.8 Å². The SMILES string of the molecule is COc1c(C2C(N)CCC(=O)N2CC(C)C)c(C)nn1C. The van der Waals surface area contributed by atoms with Crippen molar-refractivity contribution in [2.45, 2.75) is 45.7 Å². The second-order valence-corrected chi connectivity index (χ2v) is 6.22. The van der Waals surface area contributed by atoms with Crippen LogP contribution in [0.3, 0.4) is 0 Å². The van der Waals surface area contributed by atoms with Crippen molar-refractivity contribution in [1.82, 2.24) is 14.7 Å². The molecule has 0 aliphatic carbocycles. The van der Waals surface area contributed by atoms with Crippen LogP contribution in [0.2, 0.25) is 0 Å². The van der Waals surface area contributed by atoms with Crippen molar-refractivity contribution in [3.63, 3.8) is 0 Å². The van der Waals surface area contributed by atoms with E-state index >= 15 is 0 Å². The van der Waals surface area contributed by atoms with E-state index in [1.165, 1.54) is 0 Å². The summed E-state index contributed by atoms with van der Waals surface area (Å²) >= 11 is 0. The molecule has 1 amide bonds. The van der Waals surface area contributed by atoms with E-state index in [9.17, 15) is 4.79 Å². The lowest BCUT2D eigenvalue weighted by atomic mass is 9.89. The number of hydrogen-bond acceptors (Lipinski definition) is 4. The Balaban J connectivity index is 2.48. The third-order valence-electron chi connectivity index (χ3n) is 4.02. The number of methoxy groups -OCH3 is 1. The first-order chi connectivity index (χ1) is 9.86. The van der Waals surface area contributed by atoms with Gasteiger partial charge in [0.25, 0.3) is 0 Å². The minimum atomic E-state index is -0.155.